The monoisotopic (exact) mass is 372 g/mol. The average Bonchev–Trinajstić information content (AvgIpc) is 3.22. The summed E-state index contributed by atoms with van der Waals surface area (Å²) in [6.45, 7) is 5.74. The van der Waals surface area contributed by atoms with Crippen molar-refractivity contribution in [1.82, 2.24) is 9.96 Å². The van der Waals surface area contributed by atoms with E-state index >= 15 is 0 Å². The van der Waals surface area contributed by atoms with Gasteiger partial charge in [-0.05, 0) is 45.2 Å². The summed E-state index contributed by atoms with van der Waals surface area (Å²) in [6.07, 6.45) is 0.215. The second-order valence-corrected chi connectivity index (χ2v) is 8.08. The number of ether oxygens (including phenoxy) is 1. The Bertz CT molecular complexity index is 823. The molecule has 2 bridgehead atoms. The number of hydrogen-bond acceptors (Lipinski definition) is 6. The number of carbonyl (C=O) groups is 4. The Morgan fingerprint density at radius 3 is 2.22 bits per heavy atom. The fourth-order valence-corrected chi connectivity index (χ4v) is 3.90. The van der Waals surface area contributed by atoms with Crippen molar-refractivity contribution in [2.45, 2.75) is 38.8 Å². The zero-order valence-electron chi connectivity index (χ0n) is 15.3. The predicted octanol–water partition coefficient (Wildman–Crippen LogP) is 2.00. The average molecular weight is 372 g/mol. The van der Waals surface area contributed by atoms with Crippen LogP contribution in [0.1, 0.15) is 47.9 Å². The summed E-state index contributed by atoms with van der Waals surface area (Å²) in [4.78, 5) is 56.2. The number of imide groups is 1. The van der Waals surface area contributed by atoms with Crippen molar-refractivity contribution in [2.75, 3.05) is 6.54 Å². The van der Waals surface area contributed by atoms with E-state index < -0.39 is 35.4 Å². The van der Waals surface area contributed by atoms with Crippen molar-refractivity contribution >= 4 is 23.9 Å². The molecule has 3 amide bonds. The number of nitrogens with zero attached hydrogens (tertiary/aromatic N) is 2. The van der Waals surface area contributed by atoms with E-state index in [1.54, 1.807) is 32.9 Å². The summed E-state index contributed by atoms with van der Waals surface area (Å²) in [7, 11) is 0. The molecule has 0 aromatic heterocycles. The van der Waals surface area contributed by atoms with Crippen LogP contribution in [0.4, 0.5) is 4.79 Å². The van der Waals surface area contributed by atoms with E-state index in [2.05, 4.69) is 0 Å². The van der Waals surface area contributed by atoms with Crippen LogP contribution >= 0.6 is 0 Å². The third-order valence-corrected chi connectivity index (χ3v) is 5.14. The Labute approximate surface area is 156 Å². The fourth-order valence-electron chi connectivity index (χ4n) is 3.90. The van der Waals surface area contributed by atoms with Gasteiger partial charge in [0.25, 0.3) is 11.8 Å². The maximum Gasteiger partial charge on any atom is 0.410 e. The maximum atomic E-state index is 12.6. The molecular weight excluding hydrogens is 352 g/mol. The van der Waals surface area contributed by atoms with Gasteiger partial charge in [0.1, 0.15) is 5.60 Å². The van der Waals surface area contributed by atoms with Crippen molar-refractivity contribution in [3.05, 3.63) is 35.4 Å². The van der Waals surface area contributed by atoms with Crippen molar-refractivity contribution in [3.63, 3.8) is 0 Å². The van der Waals surface area contributed by atoms with Crippen molar-refractivity contribution in [3.8, 4) is 0 Å². The van der Waals surface area contributed by atoms with Crippen LogP contribution in [0.25, 0.3) is 0 Å². The lowest BCUT2D eigenvalue weighted by molar-refractivity contribution is -0.179. The molecular formula is C19H20N2O6. The molecule has 8 nitrogen and oxygen atoms in total. The highest BCUT2D eigenvalue weighted by atomic mass is 16.7. The van der Waals surface area contributed by atoms with E-state index in [0.717, 1.165) is 0 Å². The summed E-state index contributed by atoms with van der Waals surface area (Å²) in [5.41, 5.74) is -0.204. The van der Waals surface area contributed by atoms with Crippen LogP contribution < -0.4 is 0 Å². The van der Waals surface area contributed by atoms with Crippen LogP contribution in [-0.2, 0) is 14.4 Å². The molecule has 0 N–H and O–H groups in total. The number of fused-ring (bicyclic) bond motifs is 2. The summed E-state index contributed by atoms with van der Waals surface area (Å²) in [5.74, 6) is -2.58. The first-order valence-corrected chi connectivity index (χ1v) is 8.86. The summed E-state index contributed by atoms with van der Waals surface area (Å²) < 4.78 is 5.37. The van der Waals surface area contributed by atoms with Crippen LogP contribution in [0.15, 0.2) is 24.3 Å². The van der Waals surface area contributed by atoms with Gasteiger partial charge in [-0.15, -0.1) is 0 Å². The Morgan fingerprint density at radius 2 is 1.67 bits per heavy atom. The van der Waals surface area contributed by atoms with E-state index in [1.165, 1.54) is 17.0 Å². The lowest BCUT2D eigenvalue weighted by Crippen LogP contribution is -2.48. The molecule has 3 atom stereocenters. The SMILES string of the molecule is CC(C)(C)OC(=O)N1C[C@H]2C[C@@H]1[C@H]2C(=O)ON1C(=O)c2ccccc2C1=O. The molecule has 0 unspecified atom stereocenters. The van der Waals surface area contributed by atoms with Crippen molar-refractivity contribution in [2.24, 2.45) is 11.8 Å². The number of carbonyl (C=O) groups excluding carboxylic acids is 4. The second kappa shape index (κ2) is 5.80. The van der Waals surface area contributed by atoms with Gasteiger partial charge in [0.05, 0.1) is 17.0 Å². The molecule has 3 fully saturated rings. The molecule has 0 spiro atoms. The molecule has 3 heterocycles. The Balaban J connectivity index is 1.43. The summed E-state index contributed by atoms with van der Waals surface area (Å²) in [5, 5.41) is 0.516. The van der Waals surface area contributed by atoms with Gasteiger partial charge in [0, 0.05) is 12.6 Å². The highest BCUT2D eigenvalue weighted by Gasteiger charge is 2.59. The van der Waals surface area contributed by atoms with Crippen molar-refractivity contribution in [1.29, 1.82) is 0 Å². The minimum atomic E-state index is -0.670. The number of rotatable bonds is 2. The van der Waals surface area contributed by atoms with Crippen LogP contribution in [0.2, 0.25) is 0 Å². The lowest BCUT2D eigenvalue weighted by Gasteiger charge is -2.35. The number of hydroxylamine groups is 2. The van der Waals surface area contributed by atoms with E-state index in [9.17, 15) is 19.2 Å². The first kappa shape index (κ1) is 17.5. The maximum absolute atomic E-state index is 12.6. The quantitative estimate of drug-likeness (QED) is 0.737. The molecule has 5 rings (SSSR count). The highest BCUT2D eigenvalue weighted by Crippen LogP contribution is 2.47. The molecule has 3 aliphatic heterocycles. The highest BCUT2D eigenvalue weighted by molar-refractivity contribution is 6.20. The standard InChI is InChI=1S/C19H20N2O6/c1-19(2,3)26-18(25)20-9-10-8-13(20)14(10)17(24)27-21-15(22)11-6-4-5-7-12(11)16(21)23/h4-7,10,13-14H,8-9H2,1-3H3/t10-,13-,14+/m1/s1. The third-order valence-electron chi connectivity index (χ3n) is 5.14. The molecule has 1 aromatic rings. The van der Waals surface area contributed by atoms with E-state index in [4.69, 9.17) is 9.57 Å². The van der Waals surface area contributed by atoms with Gasteiger partial charge in [-0.3, -0.25) is 9.59 Å². The fraction of sp³-hybridized carbons (Fsp3) is 0.474. The van der Waals surface area contributed by atoms with E-state index in [0.29, 0.717) is 18.0 Å². The van der Waals surface area contributed by atoms with Gasteiger partial charge in [0.15, 0.2) is 0 Å². The normalized spacial score (nSPS) is 26.0. The number of amides is 3. The number of hydrogen-bond donors (Lipinski definition) is 0. The zero-order valence-corrected chi connectivity index (χ0v) is 15.3. The van der Waals surface area contributed by atoms with Gasteiger partial charge in [-0.1, -0.05) is 17.2 Å². The van der Waals surface area contributed by atoms with E-state index in [-0.39, 0.29) is 23.1 Å². The molecule has 1 saturated carbocycles. The molecule has 27 heavy (non-hydrogen) atoms. The third kappa shape index (κ3) is 2.75. The Kier molecular flexibility index (Phi) is 3.76. The van der Waals surface area contributed by atoms with Crippen LogP contribution in [0.5, 0.6) is 0 Å². The van der Waals surface area contributed by atoms with Crippen LogP contribution in [0, 0.1) is 11.8 Å². The zero-order chi connectivity index (χ0) is 19.5. The number of benzene rings is 1. The smallest absolute Gasteiger partial charge is 0.410 e. The first-order valence-electron chi connectivity index (χ1n) is 8.86. The Hall–Kier alpha value is -2.90. The molecule has 1 aromatic carbocycles. The minimum absolute atomic E-state index is 0.0507. The first-order chi connectivity index (χ1) is 12.7. The molecule has 0 radical (unpaired) electrons. The lowest BCUT2D eigenvalue weighted by atomic mass is 9.74. The largest absolute Gasteiger partial charge is 0.444 e. The molecule has 8 heteroatoms. The summed E-state index contributed by atoms with van der Waals surface area (Å²) >= 11 is 0. The second-order valence-electron chi connectivity index (χ2n) is 8.08. The summed E-state index contributed by atoms with van der Waals surface area (Å²) in [6, 6.07) is 5.98. The van der Waals surface area contributed by atoms with E-state index in [1.807, 2.05) is 0 Å². The van der Waals surface area contributed by atoms with Gasteiger partial charge in [0.2, 0.25) is 0 Å². The topological polar surface area (TPSA) is 93.2 Å². The molecule has 4 aliphatic rings. The Morgan fingerprint density at radius 1 is 1.07 bits per heavy atom. The minimum Gasteiger partial charge on any atom is -0.444 e. The predicted molar refractivity (Wildman–Crippen MR) is 91.4 cm³/mol. The van der Waals surface area contributed by atoms with Crippen molar-refractivity contribution < 1.29 is 28.8 Å². The van der Waals surface area contributed by atoms with Crippen LogP contribution in [-0.4, -0.2) is 52.0 Å². The molecule has 142 valence electrons. The van der Waals surface area contributed by atoms with Crippen LogP contribution in [0.3, 0.4) is 0 Å². The molecule has 1 aliphatic carbocycles. The van der Waals surface area contributed by atoms with Gasteiger partial charge in [-0.25, -0.2) is 9.59 Å². The molecule has 2 saturated heterocycles. The van der Waals surface area contributed by atoms with Gasteiger partial charge < -0.3 is 14.5 Å². The van der Waals surface area contributed by atoms with Gasteiger partial charge >= 0.3 is 12.1 Å². The van der Waals surface area contributed by atoms with Gasteiger partial charge in [-0.2, -0.15) is 0 Å².